The molecule has 1 fully saturated rings. The third-order valence-corrected chi connectivity index (χ3v) is 5.01. The van der Waals surface area contributed by atoms with Gasteiger partial charge in [0.1, 0.15) is 12.2 Å². The highest BCUT2D eigenvalue weighted by atomic mass is 35.5. The average molecular weight is 361 g/mol. The molecule has 0 aliphatic carbocycles. The second kappa shape index (κ2) is 7.14. The monoisotopic (exact) mass is 360 g/mol. The van der Waals surface area contributed by atoms with Crippen LogP contribution in [0.5, 0.6) is 0 Å². The van der Waals surface area contributed by atoms with Crippen molar-refractivity contribution in [3.63, 3.8) is 0 Å². The summed E-state index contributed by atoms with van der Waals surface area (Å²) in [6.45, 7) is 5.55. The molecule has 2 heterocycles. The van der Waals surface area contributed by atoms with E-state index in [1.54, 1.807) is 6.08 Å². The van der Waals surface area contributed by atoms with Crippen LogP contribution < -0.4 is 0 Å². The summed E-state index contributed by atoms with van der Waals surface area (Å²) in [5.74, 6) is -0.563. The van der Waals surface area contributed by atoms with Crippen LogP contribution in [0.2, 0.25) is 5.02 Å². The number of ketones is 1. The predicted octanol–water partition coefficient (Wildman–Crippen LogP) is 3.90. The highest BCUT2D eigenvalue weighted by molar-refractivity contribution is 6.33. The number of fused-ring (bicyclic) bond motifs is 2. The lowest BCUT2D eigenvalue weighted by Gasteiger charge is -2.18. The van der Waals surface area contributed by atoms with Gasteiger partial charge in [0.05, 0.1) is 11.7 Å². The van der Waals surface area contributed by atoms with Crippen LogP contribution in [0.4, 0.5) is 0 Å². The van der Waals surface area contributed by atoms with Crippen molar-refractivity contribution >= 4 is 23.4 Å². The van der Waals surface area contributed by atoms with Gasteiger partial charge in [0.15, 0.2) is 5.78 Å². The summed E-state index contributed by atoms with van der Waals surface area (Å²) >= 11 is 6.41. The zero-order chi connectivity index (χ0) is 18.1. The Morgan fingerprint density at radius 2 is 1.92 bits per heavy atom. The van der Waals surface area contributed by atoms with Crippen molar-refractivity contribution in [3.05, 3.63) is 57.6 Å². The molecular formula is C20H21ClO4. The fourth-order valence-corrected chi connectivity index (χ4v) is 3.41. The highest BCUT2D eigenvalue weighted by Crippen LogP contribution is 2.31. The minimum Gasteiger partial charge on any atom is -0.459 e. The predicted molar refractivity (Wildman–Crippen MR) is 96.1 cm³/mol. The molecule has 2 aliphatic heterocycles. The van der Waals surface area contributed by atoms with Crippen molar-refractivity contribution in [2.45, 2.75) is 51.9 Å². The van der Waals surface area contributed by atoms with Crippen LogP contribution in [0.1, 0.15) is 40.4 Å². The standard InChI is InChI=1S/C20H21ClO4/c1-11-8-12(2)19(21)15-10-14(22)6-4-5-7-16-17(25-16)9-13(3)24-20(23)18(11)15/h4-8,13,16-17H,9-10H2,1-3H3/b6-4+,7-5-. The van der Waals surface area contributed by atoms with E-state index in [0.29, 0.717) is 22.6 Å². The number of carbonyl (C=O) groups excluding carboxylic acids is 2. The highest BCUT2D eigenvalue weighted by Gasteiger charge is 2.38. The van der Waals surface area contributed by atoms with Crippen molar-refractivity contribution in [3.8, 4) is 0 Å². The van der Waals surface area contributed by atoms with Crippen molar-refractivity contribution in [2.75, 3.05) is 0 Å². The van der Waals surface area contributed by atoms with Crippen LogP contribution in [0.3, 0.4) is 0 Å². The average Bonchev–Trinajstić information content (AvgIpc) is 3.25. The Morgan fingerprint density at radius 3 is 2.68 bits per heavy atom. The number of epoxide rings is 1. The molecule has 1 aromatic rings. The SMILES string of the molecule is Cc1cc(C)c2c(c1Cl)CC(=O)/C=C/C=C\C1OC1CC(C)OC2=O. The van der Waals surface area contributed by atoms with Gasteiger partial charge in [-0.15, -0.1) is 0 Å². The van der Waals surface area contributed by atoms with Crippen LogP contribution in [-0.4, -0.2) is 30.1 Å². The molecule has 3 rings (SSSR count). The Bertz CT molecular complexity index is 778. The van der Waals surface area contributed by atoms with Gasteiger partial charge >= 0.3 is 5.97 Å². The number of halogens is 1. The van der Waals surface area contributed by atoms with Gasteiger partial charge in [-0.2, -0.15) is 0 Å². The molecule has 25 heavy (non-hydrogen) atoms. The molecule has 132 valence electrons. The maximum absolute atomic E-state index is 12.7. The number of cyclic esters (lactones) is 1. The maximum atomic E-state index is 12.7. The van der Waals surface area contributed by atoms with Crippen LogP contribution in [0.25, 0.3) is 0 Å². The summed E-state index contributed by atoms with van der Waals surface area (Å²) in [7, 11) is 0. The van der Waals surface area contributed by atoms with E-state index in [1.807, 2.05) is 39.0 Å². The fourth-order valence-electron chi connectivity index (χ4n) is 3.20. The van der Waals surface area contributed by atoms with Crippen LogP contribution in [-0.2, 0) is 20.7 Å². The van der Waals surface area contributed by atoms with Crippen molar-refractivity contribution in [1.82, 2.24) is 0 Å². The summed E-state index contributed by atoms with van der Waals surface area (Å²) in [6.07, 6.45) is 7.40. The minimum atomic E-state index is -0.441. The smallest absolute Gasteiger partial charge is 0.339 e. The maximum Gasteiger partial charge on any atom is 0.339 e. The molecule has 0 bridgehead atoms. The zero-order valence-electron chi connectivity index (χ0n) is 14.5. The summed E-state index contributed by atoms with van der Waals surface area (Å²) in [6, 6.07) is 1.85. The first-order valence-corrected chi connectivity index (χ1v) is 8.77. The molecule has 0 saturated carbocycles. The van der Waals surface area contributed by atoms with E-state index in [2.05, 4.69) is 0 Å². The van der Waals surface area contributed by atoms with Gasteiger partial charge in [-0.25, -0.2) is 4.79 Å². The van der Waals surface area contributed by atoms with Gasteiger partial charge in [0.2, 0.25) is 0 Å². The van der Waals surface area contributed by atoms with Gasteiger partial charge in [0.25, 0.3) is 0 Å². The zero-order valence-corrected chi connectivity index (χ0v) is 15.3. The number of ether oxygens (including phenoxy) is 2. The van der Waals surface area contributed by atoms with Crippen LogP contribution in [0.15, 0.2) is 30.4 Å². The number of carbonyl (C=O) groups is 2. The van der Waals surface area contributed by atoms with Crippen molar-refractivity contribution in [1.29, 1.82) is 0 Å². The second-order valence-corrected chi connectivity index (χ2v) is 7.03. The molecule has 0 N–H and O–H groups in total. The number of aryl methyl sites for hydroxylation is 2. The van der Waals surface area contributed by atoms with E-state index >= 15 is 0 Å². The topological polar surface area (TPSA) is 55.9 Å². The molecule has 4 nitrogen and oxygen atoms in total. The van der Waals surface area contributed by atoms with Gasteiger partial charge in [-0.1, -0.05) is 35.9 Å². The van der Waals surface area contributed by atoms with Crippen molar-refractivity contribution in [2.24, 2.45) is 0 Å². The number of hydrogen-bond acceptors (Lipinski definition) is 4. The third-order valence-electron chi connectivity index (χ3n) is 4.48. The Labute approximate surface area is 152 Å². The Kier molecular flexibility index (Phi) is 5.11. The molecule has 1 aromatic carbocycles. The molecule has 0 amide bonds. The first kappa shape index (κ1) is 17.9. The molecule has 0 spiro atoms. The number of benzene rings is 1. The molecule has 5 heteroatoms. The molecule has 2 aliphatic rings. The van der Waals surface area contributed by atoms with Crippen LogP contribution >= 0.6 is 11.6 Å². The molecule has 3 unspecified atom stereocenters. The first-order chi connectivity index (χ1) is 11.9. The quantitative estimate of drug-likeness (QED) is 0.520. The number of allylic oxidation sites excluding steroid dienone is 3. The Hall–Kier alpha value is -1.91. The van der Waals surface area contributed by atoms with Gasteiger partial charge in [-0.3, -0.25) is 4.79 Å². The molecule has 0 aromatic heterocycles. The van der Waals surface area contributed by atoms with Gasteiger partial charge in [-0.05, 0) is 43.5 Å². The molecule has 3 atom stereocenters. The van der Waals surface area contributed by atoms with E-state index in [9.17, 15) is 9.59 Å². The van der Waals surface area contributed by atoms with Crippen LogP contribution in [0, 0.1) is 13.8 Å². The van der Waals surface area contributed by atoms with E-state index in [4.69, 9.17) is 21.1 Å². The summed E-state index contributed by atoms with van der Waals surface area (Å²) < 4.78 is 11.1. The van der Waals surface area contributed by atoms with E-state index in [0.717, 1.165) is 11.1 Å². The lowest BCUT2D eigenvalue weighted by Crippen LogP contribution is -2.20. The Balaban J connectivity index is 2.01. The molecule has 1 saturated heterocycles. The van der Waals surface area contributed by atoms with Gasteiger partial charge < -0.3 is 9.47 Å². The number of hydrogen-bond donors (Lipinski definition) is 0. The van der Waals surface area contributed by atoms with E-state index < -0.39 is 5.97 Å². The van der Waals surface area contributed by atoms with E-state index in [-0.39, 0.29) is 30.5 Å². The fraction of sp³-hybridized carbons (Fsp3) is 0.400. The summed E-state index contributed by atoms with van der Waals surface area (Å²) in [4.78, 5) is 25.0. The molecule has 0 radical (unpaired) electrons. The summed E-state index contributed by atoms with van der Waals surface area (Å²) in [5, 5.41) is 0.445. The van der Waals surface area contributed by atoms with E-state index in [1.165, 1.54) is 6.08 Å². The summed E-state index contributed by atoms with van der Waals surface area (Å²) in [5.41, 5.74) is 2.53. The van der Waals surface area contributed by atoms with Gasteiger partial charge in [0, 0.05) is 17.9 Å². The lowest BCUT2D eigenvalue weighted by atomic mass is 9.95. The number of esters is 1. The normalized spacial score (nSPS) is 29.0. The second-order valence-electron chi connectivity index (χ2n) is 6.66. The Morgan fingerprint density at radius 1 is 1.16 bits per heavy atom. The molecular weight excluding hydrogens is 340 g/mol. The largest absolute Gasteiger partial charge is 0.459 e. The lowest BCUT2D eigenvalue weighted by molar-refractivity contribution is -0.114. The van der Waals surface area contributed by atoms with Crippen molar-refractivity contribution < 1.29 is 19.1 Å². The first-order valence-electron chi connectivity index (χ1n) is 8.39. The number of rotatable bonds is 0. The minimum absolute atomic E-state index is 0.0231. The third kappa shape index (κ3) is 4.02.